The van der Waals surface area contributed by atoms with Crippen LogP contribution in [-0.4, -0.2) is 42.4 Å². The molecular weight excluding hydrogens is 318 g/mol. The van der Waals surface area contributed by atoms with Gasteiger partial charge in [0.05, 0.1) is 24.8 Å². The van der Waals surface area contributed by atoms with Crippen LogP contribution in [0.3, 0.4) is 0 Å². The highest BCUT2D eigenvalue weighted by Crippen LogP contribution is 2.36. The average molecular weight is 345 g/mol. The van der Waals surface area contributed by atoms with Crippen LogP contribution in [0.1, 0.15) is 54.2 Å². The maximum atomic E-state index is 12.5. The topological polar surface area (TPSA) is 64.9 Å². The number of hydrogen-bond donors (Lipinski definition) is 1. The molecule has 0 bridgehead atoms. The van der Waals surface area contributed by atoms with Gasteiger partial charge in [-0.25, -0.2) is 9.31 Å². The summed E-state index contributed by atoms with van der Waals surface area (Å²) in [4.78, 5) is 12.5. The first kappa shape index (κ1) is 17.7. The van der Waals surface area contributed by atoms with Crippen LogP contribution in [0.4, 0.5) is 0 Å². The first-order chi connectivity index (χ1) is 12.1. The summed E-state index contributed by atoms with van der Waals surface area (Å²) in [6.45, 7) is 8.50. The molecule has 1 saturated heterocycles. The summed E-state index contributed by atoms with van der Waals surface area (Å²) in [7, 11) is 1.60. The molecule has 0 spiro atoms. The van der Waals surface area contributed by atoms with Gasteiger partial charge in [0.25, 0.3) is 0 Å². The van der Waals surface area contributed by atoms with Crippen molar-refractivity contribution in [1.82, 2.24) is 14.9 Å². The van der Waals surface area contributed by atoms with Gasteiger partial charge in [0.1, 0.15) is 0 Å². The molecule has 1 aliphatic rings. The minimum Gasteiger partial charge on any atom is -0.480 e. The quantitative estimate of drug-likeness (QED) is 0.844. The Balaban J connectivity index is 2.14. The predicted molar refractivity (Wildman–Crippen MR) is 96.4 cm³/mol. The third-order valence-corrected chi connectivity index (χ3v) is 5.26. The van der Waals surface area contributed by atoms with Crippen molar-refractivity contribution in [2.45, 2.75) is 39.5 Å². The van der Waals surface area contributed by atoms with Crippen molar-refractivity contribution in [2.75, 3.05) is 26.8 Å². The van der Waals surface area contributed by atoms with Crippen LogP contribution >= 0.6 is 0 Å². The zero-order valence-corrected chi connectivity index (χ0v) is 15.5. The highest BCUT2D eigenvalue weighted by Gasteiger charge is 2.30. The Labute approximate surface area is 148 Å². The van der Waals surface area contributed by atoms with Gasteiger partial charge in [0.15, 0.2) is 0 Å². The van der Waals surface area contributed by atoms with E-state index >= 15 is 0 Å². The maximum Gasteiger partial charge on any atom is 0.340 e. The third kappa shape index (κ3) is 3.23. The first-order valence-electron chi connectivity index (χ1n) is 9.02. The fourth-order valence-electron chi connectivity index (χ4n) is 3.93. The van der Waals surface area contributed by atoms with Crippen molar-refractivity contribution in [3.05, 3.63) is 29.0 Å². The SMILES string of the molecule is CCOC(=O)c1c(C)c(C(C)C2CCNCC2)n2nc(OC)ccc12. The van der Waals surface area contributed by atoms with Crippen LogP contribution in [0.15, 0.2) is 12.1 Å². The lowest BCUT2D eigenvalue weighted by Gasteiger charge is -2.28. The molecule has 0 radical (unpaired) electrons. The Morgan fingerprint density at radius 2 is 2.12 bits per heavy atom. The van der Waals surface area contributed by atoms with Crippen LogP contribution < -0.4 is 10.1 Å². The minimum absolute atomic E-state index is 0.284. The molecule has 2 aromatic rings. The summed E-state index contributed by atoms with van der Waals surface area (Å²) in [5.41, 5.74) is 3.45. The molecule has 1 fully saturated rings. The molecule has 0 aromatic carbocycles. The lowest BCUT2D eigenvalue weighted by atomic mass is 9.83. The van der Waals surface area contributed by atoms with Crippen LogP contribution in [0.25, 0.3) is 5.52 Å². The van der Waals surface area contributed by atoms with Crippen molar-refractivity contribution in [1.29, 1.82) is 0 Å². The van der Waals surface area contributed by atoms with E-state index in [4.69, 9.17) is 9.47 Å². The second-order valence-electron chi connectivity index (χ2n) is 6.65. The number of carbonyl (C=O) groups is 1. The number of carbonyl (C=O) groups excluding carboxylic acids is 1. The van der Waals surface area contributed by atoms with E-state index in [0.29, 0.717) is 29.9 Å². The fourth-order valence-corrected chi connectivity index (χ4v) is 3.93. The van der Waals surface area contributed by atoms with Gasteiger partial charge in [-0.2, -0.15) is 0 Å². The van der Waals surface area contributed by atoms with Crippen molar-refractivity contribution in [3.8, 4) is 5.88 Å². The van der Waals surface area contributed by atoms with E-state index in [2.05, 4.69) is 17.3 Å². The van der Waals surface area contributed by atoms with Gasteiger partial charge in [-0.15, -0.1) is 5.10 Å². The second kappa shape index (κ2) is 7.44. The number of piperidine rings is 1. The van der Waals surface area contributed by atoms with E-state index in [1.807, 2.05) is 24.4 Å². The van der Waals surface area contributed by atoms with E-state index < -0.39 is 0 Å². The van der Waals surface area contributed by atoms with Gasteiger partial charge >= 0.3 is 5.97 Å². The van der Waals surface area contributed by atoms with Crippen molar-refractivity contribution in [3.63, 3.8) is 0 Å². The molecule has 0 aliphatic carbocycles. The Morgan fingerprint density at radius 3 is 2.76 bits per heavy atom. The molecule has 136 valence electrons. The smallest absolute Gasteiger partial charge is 0.340 e. The van der Waals surface area contributed by atoms with E-state index in [0.717, 1.165) is 42.7 Å². The lowest BCUT2D eigenvalue weighted by molar-refractivity contribution is 0.0528. The Kier molecular flexibility index (Phi) is 5.27. The number of nitrogens with zero attached hydrogens (tertiary/aromatic N) is 2. The van der Waals surface area contributed by atoms with E-state index in [1.165, 1.54) is 0 Å². The average Bonchev–Trinajstić information content (AvgIpc) is 2.93. The zero-order valence-electron chi connectivity index (χ0n) is 15.5. The number of methoxy groups -OCH3 is 1. The minimum atomic E-state index is -0.284. The normalized spacial score (nSPS) is 16.8. The standard InChI is InChI=1S/C19H27N3O3/c1-5-25-19(23)17-13(3)18(12(2)14-8-10-20-11-9-14)22-15(17)6-7-16(21-22)24-4/h6-7,12,14,20H,5,8-11H2,1-4H3. The van der Waals surface area contributed by atoms with E-state index in [-0.39, 0.29) is 5.97 Å². The van der Waals surface area contributed by atoms with Crippen LogP contribution in [-0.2, 0) is 4.74 Å². The molecular formula is C19H27N3O3. The van der Waals surface area contributed by atoms with Gasteiger partial charge in [0, 0.05) is 17.7 Å². The van der Waals surface area contributed by atoms with E-state index in [1.54, 1.807) is 13.2 Å². The Hall–Kier alpha value is -2.08. The molecule has 3 rings (SSSR count). The van der Waals surface area contributed by atoms with Gasteiger partial charge in [-0.3, -0.25) is 0 Å². The highest BCUT2D eigenvalue weighted by molar-refractivity contribution is 5.99. The monoisotopic (exact) mass is 345 g/mol. The van der Waals surface area contributed by atoms with Crippen LogP contribution in [0.2, 0.25) is 0 Å². The zero-order chi connectivity index (χ0) is 18.0. The maximum absolute atomic E-state index is 12.5. The first-order valence-corrected chi connectivity index (χ1v) is 9.02. The molecule has 0 saturated carbocycles. The molecule has 1 aliphatic heterocycles. The van der Waals surface area contributed by atoms with E-state index in [9.17, 15) is 4.79 Å². The Morgan fingerprint density at radius 1 is 1.40 bits per heavy atom. The van der Waals surface area contributed by atoms with Gasteiger partial charge in [-0.05, 0) is 57.3 Å². The molecule has 0 amide bonds. The lowest BCUT2D eigenvalue weighted by Crippen LogP contribution is -2.30. The molecule has 1 unspecified atom stereocenters. The van der Waals surface area contributed by atoms with Crippen molar-refractivity contribution in [2.24, 2.45) is 5.92 Å². The summed E-state index contributed by atoms with van der Waals surface area (Å²) < 4.78 is 12.5. The van der Waals surface area contributed by atoms with Gasteiger partial charge in [0.2, 0.25) is 5.88 Å². The summed E-state index contributed by atoms with van der Waals surface area (Å²) in [6.07, 6.45) is 2.26. The molecule has 25 heavy (non-hydrogen) atoms. The molecule has 6 nitrogen and oxygen atoms in total. The largest absolute Gasteiger partial charge is 0.480 e. The molecule has 2 aromatic heterocycles. The molecule has 1 N–H and O–H groups in total. The summed E-state index contributed by atoms with van der Waals surface area (Å²) in [5, 5.41) is 8.02. The Bertz CT molecular complexity index is 763. The molecule has 1 atom stereocenters. The fraction of sp³-hybridized carbons (Fsp3) is 0.579. The number of hydrogen-bond acceptors (Lipinski definition) is 5. The van der Waals surface area contributed by atoms with Crippen LogP contribution in [0, 0.1) is 12.8 Å². The number of aromatic nitrogens is 2. The third-order valence-electron chi connectivity index (χ3n) is 5.26. The molecule has 3 heterocycles. The summed E-state index contributed by atoms with van der Waals surface area (Å²) in [5.74, 6) is 1.13. The highest BCUT2D eigenvalue weighted by atomic mass is 16.5. The van der Waals surface area contributed by atoms with Gasteiger partial charge in [-0.1, -0.05) is 6.92 Å². The number of ether oxygens (including phenoxy) is 2. The van der Waals surface area contributed by atoms with Crippen molar-refractivity contribution >= 4 is 11.5 Å². The number of rotatable bonds is 5. The molecule has 6 heteroatoms. The van der Waals surface area contributed by atoms with Crippen molar-refractivity contribution < 1.29 is 14.3 Å². The predicted octanol–water partition coefficient (Wildman–Crippen LogP) is 2.93. The number of fused-ring (bicyclic) bond motifs is 1. The number of esters is 1. The van der Waals surface area contributed by atoms with Gasteiger partial charge < -0.3 is 14.8 Å². The van der Waals surface area contributed by atoms with Crippen LogP contribution in [0.5, 0.6) is 5.88 Å². The summed E-state index contributed by atoms with van der Waals surface area (Å²) >= 11 is 0. The number of nitrogens with one attached hydrogen (secondary N) is 1. The second-order valence-corrected chi connectivity index (χ2v) is 6.65. The summed E-state index contributed by atoms with van der Waals surface area (Å²) in [6, 6.07) is 3.68.